The van der Waals surface area contributed by atoms with Crippen LogP contribution in [0.5, 0.6) is 0 Å². The number of nitrogens with zero attached hydrogens (tertiary/aromatic N) is 1. The molecular formula is C18H36N2O3. The first-order chi connectivity index (χ1) is 11.0. The minimum Gasteiger partial charge on any atom is -0.390 e. The molecule has 0 rings (SSSR count). The lowest BCUT2D eigenvalue weighted by Gasteiger charge is -2.32. The highest BCUT2D eigenvalue weighted by atomic mass is 16.3. The van der Waals surface area contributed by atoms with Crippen LogP contribution in [0.15, 0.2) is 5.10 Å². The zero-order valence-corrected chi connectivity index (χ0v) is 15.4. The van der Waals surface area contributed by atoms with Gasteiger partial charge in [-0.05, 0) is 18.8 Å². The van der Waals surface area contributed by atoms with Crippen molar-refractivity contribution in [3.05, 3.63) is 0 Å². The zero-order valence-electron chi connectivity index (χ0n) is 15.4. The minimum atomic E-state index is -1.15. The van der Waals surface area contributed by atoms with Crippen molar-refractivity contribution in [1.82, 2.24) is 5.43 Å². The molecule has 0 aliphatic rings. The lowest BCUT2D eigenvalue weighted by atomic mass is 9.80. The van der Waals surface area contributed by atoms with E-state index in [1.807, 2.05) is 6.92 Å². The fourth-order valence-electron chi connectivity index (χ4n) is 2.88. The SMILES string of the molecule is CCCCCC(CCC)CC(O)(CC)/C(CO)=N/NC(=O)CC. The molecule has 5 heteroatoms. The van der Waals surface area contributed by atoms with E-state index in [-0.39, 0.29) is 18.2 Å². The van der Waals surface area contributed by atoms with E-state index < -0.39 is 5.60 Å². The van der Waals surface area contributed by atoms with Gasteiger partial charge in [-0.2, -0.15) is 5.10 Å². The standard InChI is InChI=1S/C18H36N2O3/c1-5-9-10-12-15(11-6-2)13-18(23,8-4)16(14-21)19-20-17(22)7-3/h15,21,23H,5-14H2,1-4H3,(H,20,22)/b19-16+. The summed E-state index contributed by atoms with van der Waals surface area (Å²) in [5.74, 6) is 0.192. The van der Waals surface area contributed by atoms with Crippen molar-refractivity contribution in [2.45, 2.75) is 91.1 Å². The van der Waals surface area contributed by atoms with Crippen LogP contribution in [-0.2, 0) is 4.79 Å². The maximum absolute atomic E-state index is 11.4. The summed E-state index contributed by atoms with van der Waals surface area (Å²) < 4.78 is 0. The van der Waals surface area contributed by atoms with Crippen molar-refractivity contribution < 1.29 is 15.0 Å². The second-order valence-corrected chi connectivity index (χ2v) is 6.34. The molecule has 23 heavy (non-hydrogen) atoms. The molecule has 2 atom stereocenters. The van der Waals surface area contributed by atoms with Crippen LogP contribution in [0.2, 0.25) is 0 Å². The fourth-order valence-corrected chi connectivity index (χ4v) is 2.88. The van der Waals surface area contributed by atoms with Crippen molar-refractivity contribution in [3.8, 4) is 0 Å². The Morgan fingerprint density at radius 1 is 1.13 bits per heavy atom. The highest BCUT2D eigenvalue weighted by Crippen LogP contribution is 2.29. The molecule has 0 aliphatic heterocycles. The third-order valence-electron chi connectivity index (χ3n) is 4.45. The Balaban J connectivity index is 5.00. The Labute approximate surface area is 141 Å². The number of aliphatic hydroxyl groups is 2. The summed E-state index contributed by atoms with van der Waals surface area (Å²) in [6.45, 7) is 7.62. The summed E-state index contributed by atoms with van der Waals surface area (Å²) in [6, 6.07) is 0. The van der Waals surface area contributed by atoms with E-state index in [0.29, 0.717) is 25.2 Å². The van der Waals surface area contributed by atoms with Gasteiger partial charge in [-0.1, -0.05) is 66.2 Å². The van der Waals surface area contributed by atoms with E-state index in [9.17, 15) is 15.0 Å². The van der Waals surface area contributed by atoms with Crippen LogP contribution in [-0.4, -0.2) is 34.0 Å². The lowest BCUT2D eigenvalue weighted by molar-refractivity contribution is -0.120. The van der Waals surface area contributed by atoms with Crippen LogP contribution in [0.3, 0.4) is 0 Å². The summed E-state index contributed by atoms with van der Waals surface area (Å²) in [7, 11) is 0. The van der Waals surface area contributed by atoms with Gasteiger partial charge in [0.2, 0.25) is 5.91 Å². The van der Waals surface area contributed by atoms with Gasteiger partial charge >= 0.3 is 0 Å². The van der Waals surface area contributed by atoms with Crippen LogP contribution >= 0.6 is 0 Å². The Kier molecular flexibility index (Phi) is 12.0. The van der Waals surface area contributed by atoms with E-state index in [1.165, 1.54) is 19.3 Å². The number of amides is 1. The second-order valence-electron chi connectivity index (χ2n) is 6.34. The maximum Gasteiger partial charge on any atom is 0.239 e. The molecule has 2 unspecified atom stereocenters. The molecular weight excluding hydrogens is 292 g/mol. The molecule has 0 fully saturated rings. The number of hydrogen-bond acceptors (Lipinski definition) is 4. The van der Waals surface area contributed by atoms with Gasteiger partial charge in [-0.15, -0.1) is 0 Å². The van der Waals surface area contributed by atoms with Crippen molar-refractivity contribution >= 4 is 11.6 Å². The van der Waals surface area contributed by atoms with Gasteiger partial charge in [0.25, 0.3) is 0 Å². The topological polar surface area (TPSA) is 81.9 Å². The Morgan fingerprint density at radius 3 is 2.30 bits per heavy atom. The fraction of sp³-hybridized carbons (Fsp3) is 0.889. The smallest absolute Gasteiger partial charge is 0.239 e. The molecule has 1 amide bonds. The number of rotatable bonds is 13. The molecule has 0 heterocycles. The first kappa shape index (κ1) is 22.1. The third kappa shape index (κ3) is 8.47. The summed E-state index contributed by atoms with van der Waals surface area (Å²) in [5, 5.41) is 24.6. The Hall–Kier alpha value is -0.940. The Morgan fingerprint density at radius 2 is 1.83 bits per heavy atom. The average Bonchev–Trinajstić information content (AvgIpc) is 2.55. The third-order valence-corrected chi connectivity index (χ3v) is 4.45. The first-order valence-corrected chi connectivity index (χ1v) is 9.16. The normalized spacial score (nSPS) is 16.0. The quantitative estimate of drug-likeness (QED) is 0.275. The minimum absolute atomic E-state index is 0.220. The molecule has 0 saturated carbocycles. The highest BCUT2D eigenvalue weighted by Gasteiger charge is 2.34. The molecule has 0 radical (unpaired) electrons. The average molecular weight is 328 g/mol. The van der Waals surface area contributed by atoms with Gasteiger partial charge < -0.3 is 10.2 Å². The number of carbonyl (C=O) groups is 1. The van der Waals surface area contributed by atoms with Gasteiger partial charge in [-0.25, -0.2) is 5.43 Å². The molecule has 0 bridgehead atoms. The van der Waals surface area contributed by atoms with Gasteiger partial charge in [-0.3, -0.25) is 4.79 Å². The summed E-state index contributed by atoms with van der Waals surface area (Å²) in [6.07, 6.45) is 8.17. The summed E-state index contributed by atoms with van der Waals surface area (Å²) in [5.41, 5.74) is 1.52. The molecule has 0 aromatic heterocycles. The number of aliphatic hydroxyl groups excluding tert-OH is 1. The molecule has 0 aromatic carbocycles. The molecule has 3 N–H and O–H groups in total. The second kappa shape index (κ2) is 12.5. The van der Waals surface area contributed by atoms with Crippen molar-refractivity contribution in [3.63, 3.8) is 0 Å². The molecule has 0 aromatic rings. The van der Waals surface area contributed by atoms with Crippen LogP contribution in [0.4, 0.5) is 0 Å². The predicted molar refractivity (Wildman–Crippen MR) is 95.4 cm³/mol. The van der Waals surface area contributed by atoms with E-state index in [0.717, 1.165) is 19.3 Å². The van der Waals surface area contributed by atoms with Gasteiger partial charge in [0.1, 0.15) is 5.60 Å². The van der Waals surface area contributed by atoms with Gasteiger partial charge in [0, 0.05) is 6.42 Å². The monoisotopic (exact) mass is 328 g/mol. The maximum atomic E-state index is 11.4. The van der Waals surface area contributed by atoms with Crippen molar-refractivity contribution in [2.75, 3.05) is 6.61 Å². The number of nitrogens with one attached hydrogen (secondary N) is 1. The summed E-state index contributed by atoms with van der Waals surface area (Å²) in [4.78, 5) is 11.4. The molecule has 0 aliphatic carbocycles. The lowest BCUT2D eigenvalue weighted by Crippen LogP contribution is -2.43. The first-order valence-electron chi connectivity index (χ1n) is 9.16. The molecule has 5 nitrogen and oxygen atoms in total. The largest absolute Gasteiger partial charge is 0.390 e. The van der Waals surface area contributed by atoms with Crippen molar-refractivity contribution in [1.29, 1.82) is 0 Å². The molecule has 0 saturated heterocycles. The van der Waals surface area contributed by atoms with Crippen LogP contribution in [0.1, 0.15) is 85.5 Å². The van der Waals surface area contributed by atoms with E-state index >= 15 is 0 Å². The van der Waals surface area contributed by atoms with Crippen LogP contribution in [0, 0.1) is 5.92 Å². The highest BCUT2D eigenvalue weighted by molar-refractivity contribution is 5.94. The van der Waals surface area contributed by atoms with E-state index in [1.54, 1.807) is 6.92 Å². The van der Waals surface area contributed by atoms with Crippen LogP contribution < -0.4 is 5.43 Å². The predicted octanol–water partition coefficient (Wildman–Crippen LogP) is 3.39. The number of hydrogen-bond donors (Lipinski definition) is 3. The number of hydrazone groups is 1. The molecule has 0 spiro atoms. The van der Waals surface area contributed by atoms with Crippen molar-refractivity contribution in [2.24, 2.45) is 11.0 Å². The van der Waals surface area contributed by atoms with Gasteiger partial charge in [0.15, 0.2) is 0 Å². The van der Waals surface area contributed by atoms with Crippen LogP contribution in [0.25, 0.3) is 0 Å². The van der Waals surface area contributed by atoms with E-state index in [2.05, 4.69) is 24.4 Å². The number of carbonyl (C=O) groups excluding carboxylic acids is 1. The Bertz CT molecular complexity index is 358. The van der Waals surface area contributed by atoms with Gasteiger partial charge in [0.05, 0.1) is 12.3 Å². The summed E-state index contributed by atoms with van der Waals surface area (Å²) >= 11 is 0. The number of unbranched alkanes of at least 4 members (excludes halogenated alkanes) is 2. The molecule has 136 valence electrons. The zero-order chi connectivity index (χ0) is 17.7. The van der Waals surface area contributed by atoms with E-state index in [4.69, 9.17) is 0 Å².